The van der Waals surface area contributed by atoms with Gasteiger partial charge < -0.3 is 15.0 Å². The number of esters is 1. The summed E-state index contributed by atoms with van der Waals surface area (Å²) in [5.74, 6) is -0.700. The molecule has 1 saturated heterocycles. The van der Waals surface area contributed by atoms with Gasteiger partial charge in [0.05, 0.1) is 6.04 Å². The first kappa shape index (κ1) is 40.3. The predicted octanol–water partition coefficient (Wildman–Crippen LogP) is 7.03. The molecule has 0 spiro atoms. The highest BCUT2D eigenvalue weighted by molar-refractivity contribution is 7.12. The number of amides is 2. The number of benzene rings is 1. The van der Waals surface area contributed by atoms with E-state index >= 15 is 0 Å². The Bertz CT molecular complexity index is 1390. The van der Waals surface area contributed by atoms with Crippen LogP contribution < -0.4 is 5.32 Å². The topological polar surface area (TPSA) is 109 Å². The lowest BCUT2D eigenvalue weighted by atomic mass is 9.84. The van der Waals surface area contributed by atoms with Gasteiger partial charge in [-0.2, -0.15) is 0 Å². The van der Waals surface area contributed by atoms with Gasteiger partial charge in [-0.1, -0.05) is 78.3 Å². The van der Waals surface area contributed by atoms with Gasteiger partial charge in [-0.3, -0.25) is 24.1 Å². The molecule has 0 aliphatic carbocycles. The second kappa shape index (κ2) is 18.8. The summed E-state index contributed by atoms with van der Waals surface area (Å²) in [6.45, 7) is 16.5. The number of likely N-dealkylation sites (tertiary alicyclic amines) is 1. The molecular weight excluding hydrogens is 637 g/mol. The number of nitrogens with zero attached hydrogens (tertiary/aromatic N) is 3. The molecule has 0 bridgehead atoms. The quantitative estimate of drug-likeness (QED) is 0.177. The third-order valence-electron chi connectivity index (χ3n) is 9.78. The molecule has 1 aliphatic heterocycles. The molecule has 3 rings (SSSR count). The van der Waals surface area contributed by atoms with E-state index in [2.05, 4.69) is 36.2 Å². The molecule has 2 amide bonds. The Hall–Kier alpha value is -3.11. The number of aromatic nitrogens is 1. The molecule has 0 saturated carbocycles. The Balaban J connectivity index is 1.81. The van der Waals surface area contributed by atoms with Crippen LogP contribution in [0.5, 0.6) is 0 Å². The van der Waals surface area contributed by atoms with E-state index in [1.165, 1.54) is 18.3 Å². The number of carbonyl (C=O) groups excluding carboxylic acids is 4. The number of carbonyl (C=O) groups is 4. The highest BCUT2D eigenvalue weighted by atomic mass is 32.1. The van der Waals surface area contributed by atoms with Crippen molar-refractivity contribution in [1.29, 1.82) is 0 Å². The normalized spacial score (nSPS) is 17.9. The summed E-state index contributed by atoms with van der Waals surface area (Å²) in [6, 6.07) is 9.63. The fourth-order valence-electron chi connectivity index (χ4n) is 7.04. The first-order valence-electron chi connectivity index (χ1n) is 18.1. The molecule has 0 unspecified atom stereocenters. The van der Waals surface area contributed by atoms with Gasteiger partial charge in [-0.25, -0.2) is 4.98 Å². The molecule has 1 N–H and O–H groups in total. The average molecular weight is 697 g/mol. The minimum Gasteiger partial charge on any atom is -0.455 e. The first-order valence-corrected chi connectivity index (χ1v) is 18.9. The fraction of sp³-hybridized carbons (Fsp3) is 0.667. The smallest absolute Gasteiger partial charge is 0.303 e. The third-order valence-corrected chi connectivity index (χ3v) is 10.8. The number of Topliss-reactive ketones (excluding diaryl/α,β-unsaturated/α-hetero) is 1. The SMILES string of the molecule is CC(=O)O[C@H](C[C@H](C(C)C)N(C)C(=O)[C@@H](CC(=O)[C@H]1CCCCN1C)C(C)C)c1nc(C(=O)N[C@@H](Cc2ccccc2)CC(C)C)c(C)s1. The van der Waals surface area contributed by atoms with Gasteiger partial charge in [0.25, 0.3) is 5.91 Å². The van der Waals surface area contributed by atoms with Crippen molar-refractivity contribution in [3.8, 4) is 0 Å². The highest BCUT2D eigenvalue weighted by Crippen LogP contribution is 2.34. The molecule has 9 nitrogen and oxygen atoms in total. The van der Waals surface area contributed by atoms with E-state index in [0.717, 1.165) is 42.7 Å². The van der Waals surface area contributed by atoms with Gasteiger partial charge in [-0.15, -0.1) is 11.3 Å². The second-order valence-corrected chi connectivity index (χ2v) is 16.3. The van der Waals surface area contributed by atoms with Crippen molar-refractivity contribution in [2.75, 3.05) is 20.6 Å². The molecule has 1 fully saturated rings. The number of ether oxygens (including phenoxy) is 1. The van der Waals surface area contributed by atoms with E-state index in [9.17, 15) is 19.2 Å². The molecule has 10 heteroatoms. The van der Waals surface area contributed by atoms with Crippen LogP contribution >= 0.6 is 11.3 Å². The molecule has 1 aromatic heterocycles. The van der Waals surface area contributed by atoms with Crippen LogP contribution in [0.15, 0.2) is 30.3 Å². The third kappa shape index (κ3) is 11.7. The van der Waals surface area contributed by atoms with E-state index in [-0.39, 0.29) is 54.0 Å². The summed E-state index contributed by atoms with van der Waals surface area (Å²) in [5, 5.41) is 3.75. The van der Waals surface area contributed by atoms with Gasteiger partial charge in [0.15, 0.2) is 11.9 Å². The largest absolute Gasteiger partial charge is 0.455 e. The molecule has 0 radical (unpaired) electrons. The van der Waals surface area contributed by atoms with Gasteiger partial charge in [0, 0.05) is 49.7 Å². The Labute approximate surface area is 298 Å². The van der Waals surface area contributed by atoms with E-state index in [1.54, 1.807) is 11.9 Å². The van der Waals surface area contributed by atoms with Crippen molar-refractivity contribution >= 4 is 34.9 Å². The van der Waals surface area contributed by atoms with Crippen LogP contribution in [0.1, 0.15) is 119 Å². The number of hydrogen-bond acceptors (Lipinski definition) is 8. The van der Waals surface area contributed by atoms with Crippen molar-refractivity contribution in [2.24, 2.45) is 23.7 Å². The fourth-order valence-corrected chi connectivity index (χ4v) is 8.01. The number of piperidine rings is 1. The van der Waals surface area contributed by atoms with Gasteiger partial charge in [0.2, 0.25) is 5.91 Å². The predicted molar refractivity (Wildman–Crippen MR) is 196 cm³/mol. The first-order chi connectivity index (χ1) is 23.1. The number of rotatable bonds is 17. The van der Waals surface area contributed by atoms with Crippen molar-refractivity contribution in [3.63, 3.8) is 0 Å². The van der Waals surface area contributed by atoms with Crippen LogP contribution in [0, 0.1) is 30.6 Å². The van der Waals surface area contributed by atoms with E-state index in [1.807, 2.05) is 59.9 Å². The van der Waals surface area contributed by atoms with Gasteiger partial charge in [0.1, 0.15) is 10.7 Å². The van der Waals surface area contributed by atoms with Crippen LogP contribution in [-0.4, -0.2) is 77.1 Å². The maximum absolute atomic E-state index is 14.1. The molecule has 2 aromatic rings. The molecular formula is C39H60N4O5S. The maximum atomic E-state index is 14.1. The Morgan fingerprint density at radius 3 is 2.27 bits per heavy atom. The average Bonchev–Trinajstić information content (AvgIpc) is 3.42. The second-order valence-electron chi connectivity index (χ2n) is 15.1. The molecule has 2 heterocycles. The van der Waals surface area contributed by atoms with Crippen LogP contribution in [-0.2, 0) is 25.5 Å². The molecule has 5 atom stereocenters. The zero-order valence-corrected chi connectivity index (χ0v) is 32.3. The minimum absolute atomic E-state index is 0.0195. The Morgan fingerprint density at radius 1 is 1.02 bits per heavy atom. The number of thiazole rings is 1. The molecule has 272 valence electrons. The lowest BCUT2D eigenvalue weighted by Crippen LogP contribution is -2.48. The Kier molecular flexibility index (Phi) is 15.4. The summed E-state index contributed by atoms with van der Waals surface area (Å²) in [4.78, 5) is 62.9. The van der Waals surface area contributed by atoms with Crippen LogP contribution in [0.2, 0.25) is 0 Å². The number of nitrogens with one attached hydrogen (secondary N) is 1. The molecule has 49 heavy (non-hydrogen) atoms. The number of hydrogen-bond donors (Lipinski definition) is 1. The number of ketones is 1. The summed E-state index contributed by atoms with van der Waals surface area (Å²) < 4.78 is 5.85. The molecule has 1 aromatic carbocycles. The minimum atomic E-state index is -0.740. The van der Waals surface area contributed by atoms with Crippen molar-refractivity contribution in [2.45, 2.75) is 125 Å². The lowest BCUT2D eigenvalue weighted by Gasteiger charge is -2.37. The lowest BCUT2D eigenvalue weighted by molar-refractivity contribution is -0.149. The van der Waals surface area contributed by atoms with Crippen LogP contribution in [0.25, 0.3) is 0 Å². The summed E-state index contributed by atoms with van der Waals surface area (Å²) >= 11 is 1.35. The van der Waals surface area contributed by atoms with Gasteiger partial charge in [-0.05, 0) is 69.5 Å². The van der Waals surface area contributed by atoms with E-state index in [4.69, 9.17) is 9.72 Å². The molecule has 1 aliphatic rings. The van der Waals surface area contributed by atoms with Gasteiger partial charge >= 0.3 is 5.97 Å². The van der Waals surface area contributed by atoms with Crippen molar-refractivity contribution < 1.29 is 23.9 Å². The zero-order chi connectivity index (χ0) is 36.4. The highest BCUT2D eigenvalue weighted by Gasteiger charge is 2.37. The number of aryl methyl sites for hydroxylation is 1. The van der Waals surface area contributed by atoms with E-state index in [0.29, 0.717) is 29.5 Å². The summed E-state index contributed by atoms with van der Waals surface area (Å²) in [6.07, 6.45) is 4.28. The van der Waals surface area contributed by atoms with E-state index < -0.39 is 18.0 Å². The van der Waals surface area contributed by atoms with Crippen molar-refractivity contribution in [3.05, 3.63) is 51.5 Å². The summed E-state index contributed by atoms with van der Waals surface area (Å²) in [5.41, 5.74) is 1.48. The zero-order valence-electron chi connectivity index (χ0n) is 31.5. The standard InChI is InChI=1S/C39H60N4O5S/c1-24(2)20-30(21-29-16-12-11-13-17-29)40-37(46)36-27(7)49-38(41-36)35(48-28(8)44)23-33(26(5)6)43(10)39(47)31(25(3)4)22-34(45)32-18-14-15-19-42(32)9/h11-13,16-17,24-26,30-33,35H,14-15,18-23H2,1-10H3,(H,40,46)/t30-,31+,32-,33-,35-/m1/s1. The van der Waals surface area contributed by atoms with Crippen molar-refractivity contribution in [1.82, 2.24) is 20.1 Å². The number of likely N-dealkylation sites (N-methyl/N-ethyl adjacent to an activating group) is 1. The monoisotopic (exact) mass is 696 g/mol. The Morgan fingerprint density at radius 2 is 1.69 bits per heavy atom. The summed E-state index contributed by atoms with van der Waals surface area (Å²) in [7, 11) is 3.78. The van der Waals surface area contributed by atoms with Crippen LogP contribution in [0.4, 0.5) is 0 Å². The maximum Gasteiger partial charge on any atom is 0.303 e. The van der Waals surface area contributed by atoms with Crippen LogP contribution in [0.3, 0.4) is 0 Å².